The number of halogens is 2. The van der Waals surface area contributed by atoms with E-state index in [9.17, 15) is 13.6 Å². The number of benzene rings is 2. The van der Waals surface area contributed by atoms with E-state index in [2.05, 4.69) is 10.4 Å². The van der Waals surface area contributed by atoms with E-state index >= 15 is 0 Å². The fraction of sp³-hybridized carbons (Fsp3) is 0.111. The number of hydrogen-bond acceptors (Lipinski definition) is 2. The topological polar surface area (TPSA) is 46.9 Å². The van der Waals surface area contributed by atoms with E-state index in [-0.39, 0.29) is 5.56 Å². The molecule has 24 heavy (non-hydrogen) atoms. The lowest BCUT2D eigenvalue weighted by Crippen LogP contribution is -2.17. The molecule has 2 aromatic carbocycles. The molecule has 1 heterocycles. The summed E-state index contributed by atoms with van der Waals surface area (Å²) in [5, 5.41) is 6.96. The molecule has 3 aromatic rings. The predicted octanol–water partition coefficient (Wildman–Crippen LogP) is 3.77. The second-order valence-electron chi connectivity index (χ2n) is 5.39. The smallest absolute Gasteiger partial charge is 0.259 e. The summed E-state index contributed by atoms with van der Waals surface area (Å²) in [4.78, 5) is 12.2. The first-order valence-electron chi connectivity index (χ1n) is 7.38. The van der Waals surface area contributed by atoms with Gasteiger partial charge < -0.3 is 5.32 Å². The number of aromatic nitrogens is 2. The highest BCUT2D eigenvalue weighted by molar-refractivity contribution is 6.04. The molecule has 0 bridgehead atoms. The van der Waals surface area contributed by atoms with Gasteiger partial charge in [0.2, 0.25) is 0 Å². The Morgan fingerprint density at radius 1 is 1.12 bits per heavy atom. The summed E-state index contributed by atoms with van der Waals surface area (Å²) in [6.45, 7) is 2.27. The lowest BCUT2D eigenvalue weighted by Gasteiger charge is -2.09. The number of carbonyl (C=O) groups is 1. The number of anilines is 1. The van der Waals surface area contributed by atoms with Crippen LogP contribution in [0.15, 0.2) is 54.6 Å². The van der Waals surface area contributed by atoms with Gasteiger partial charge in [0, 0.05) is 12.1 Å². The molecule has 0 aliphatic carbocycles. The number of amides is 1. The maximum atomic E-state index is 13.7. The average Bonchev–Trinajstić information content (AvgIpc) is 2.87. The van der Waals surface area contributed by atoms with Crippen molar-refractivity contribution < 1.29 is 13.6 Å². The van der Waals surface area contributed by atoms with E-state index in [0.29, 0.717) is 18.4 Å². The van der Waals surface area contributed by atoms with Gasteiger partial charge in [-0.1, -0.05) is 30.3 Å². The van der Waals surface area contributed by atoms with Crippen molar-refractivity contribution in [1.82, 2.24) is 9.78 Å². The fourth-order valence-corrected chi connectivity index (χ4v) is 2.38. The Morgan fingerprint density at radius 3 is 2.58 bits per heavy atom. The minimum atomic E-state index is -0.904. The Labute approximate surface area is 137 Å². The summed E-state index contributed by atoms with van der Waals surface area (Å²) in [5.74, 6) is -1.83. The highest BCUT2D eigenvalue weighted by Crippen LogP contribution is 2.16. The summed E-state index contributed by atoms with van der Waals surface area (Å²) in [7, 11) is 0. The van der Waals surface area contributed by atoms with Crippen molar-refractivity contribution in [2.75, 3.05) is 5.32 Å². The summed E-state index contributed by atoms with van der Waals surface area (Å²) < 4.78 is 28.3. The van der Waals surface area contributed by atoms with Gasteiger partial charge >= 0.3 is 0 Å². The number of nitrogens with zero attached hydrogens (tertiary/aromatic N) is 2. The second kappa shape index (κ2) is 6.62. The zero-order valence-electron chi connectivity index (χ0n) is 13.0. The third-order valence-electron chi connectivity index (χ3n) is 3.49. The highest BCUT2D eigenvalue weighted by atomic mass is 19.1. The third kappa shape index (κ3) is 3.48. The molecule has 0 aliphatic rings. The standard InChI is InChI=1S/C18H15F2N3O/c1-12-9-17(23(22-12)11-13-5-3-2-4-6-13)21-18(24)15-8-7-14(19)10-16(15)20/h2-10H,11H2,1H3,(H,21,24). The van der Waals surface area contributed by atoms with Crippen LogP contribution in [0.25, 0.3) is 0 Å². The molecule has 0 aliphatic heterocycles. The Balaban J connectivity index is 1.83. The van der Waals surface area contributed by atoms with Crippen LogP contribution in [-0.2, 0) is 6.54 Å². The van der Waals surface area contributed by atoms with E-state index in [0.717, 1.165) is 23.4 Å². The van der Waals surface area contributed by atoms with Gasteiger partial charge in [-0.2, -0.15) is 5.10 Å². The van der Waals surface area contributed by atoms with Gasteiger partial charge in [-0.3, -0.25) is 4.79 Å². The van der Waals surface area contributed by atoms with Gasteiger partial charge in [-0.15, -0.1) is 0 Å². The molecule has 3 rings (SSSR count). The van der Waals surface area contributed by atoms with Gasteiger partial charge in [0.25, 0.3) is 5.91 Å². The van der Waals surface area contributed by atoms with Crippen molar-refractivity contribution >= 4 is 11.7 Å². The maximum absolute atomic E-state index is 13.7. The zero-order valence-corrected chi connectivity index (χ0v) is 13.0. The highest BCUT2D eigenvalue weighted by Gasteiger charge is 2.15. The second-order valence-corrected chi connectivity index (χ2v) is 5.39. The van der Waals surface area contributed by atoms with Gasteiger partial charge in [-0.05, 0) is 24.6 Å². The van der Waals surface area contributed by atoms with Crippen LogP contribution in [0, 0.1) is 18.6 Å². The monoisotopic (exact) mass is 327 g/mol. The van der Waals surface area contributed by atoms with Gasteiger partial charge in [0.05, 0.1) is 17.8 Å². The van der Waals surface area contributed by atoms with E-state index in [1.807, 2.05) is 30.3 Å². The number of aryl methyl sites for hydroxylation is 1. The van der Waals surface area contributed by atoms with Crippen molar-refractivity contribution in [1.29, 1.82) is 0 Å². The van der Waals surface area contributed by atoms with Gasteiger partial charge in [0.1, 0.15) is 17.5 Å². The molecule has 6 heteroatoms. The number of nitrogens with one attached hydrogen (secondary N) is 1. The molecule has 0 saturated carbocycles. The molecule has 1 N–H and O–H groups in total. The Kier molecular flexibility index (Phi) is 4.37. The van der Waals surface area contributed by atoms with Crippen molar-refractivity contribution in [2.24, 2.45) is 0 Å². The minimum Gasteiger partial charge on any atom is -0.307 e. The first-order chi connectivity index (χ1) is 11.5. The predicted molar refractivity (Wildman–Crippen MR) is 86.8 cm³/mol. The Morgan fingerprint density at radius 2 is 1.88 bits per heavy atom. The molecule has 0 radical (unpaired) electrons. The lowest BCUT2D eigenvalue weighted by atomic mass is 10.2. The largest absolute Gasteiger partial charge is 0.307 e. The molecule has 0 unspecified atom stereocenters. The Hall–Kier alpha value is -3.02. The Bertz CT molecular complexity index is 875. The van der Waals surface area contributed by atoms with Crippen LogP contribution in [0.2, 0.25) is 0 Å². The molecule has 0 fully saturated rings. The van der Waals surface area contributed by atoms with E-state index < -0.39 is 17.5 Å². The number of carbonyl (C=O) groups excluding carboxylic acids is 1. The lowest BCUT2D eigenvalue weighted by molar-refractivity contribution is 0.102. The number of hydrogen-bond donors (Lipinski definition) is 1. The molecular weight excluding hydrogens is 312 g/mol. The van der Waals surface area contributed by atoms with Crippen molar-refractivity contribution in [3.63, 3.8) is 0 Å². The first-order valence-corrected chi connectivity index (χ1v) is 7.38. The van der Waals surface area contributed by atoms with Crippen LogP contribution in [0.3, 0.4) is 0 Å². The van der Waals surface area contributed by atoms with E-state index in [1.54, 1.807) is 17.7 Å². The molecule has 0 saturated heterocycles. The quantitative estimate of drug-likeness (QED) is 0.793. The number of rotatable bonds is 4. The van der Waals surface area contributed by atoms with Crippen LogP contribution in [-0.4, -0.2) is 15.7 Å². The van der Waals surface area contributed by atoms with E-state index in [4.69, 9.17) is 0 Å². The molecule has 0 atom stereocenters. The van der Waals surface area contributed by atoms with Crippen LogP contribution in [0.5, 0.6) is 0 Å². The van der Waals surface area contributed by atoms with Crippen molar-refractivity contribution in [2.45, 2.75) is 13.5 Å². The van der Waals surface area contributed by atoms with Crippen LogP contribution >= 0.6 is 0 Å². The van der Waals surface area contributed by atoms with Crippen LogP contribution < -0.4 is 5.32 Å². The molecule has 0 spiro atoms. The summed E-state index contributed by atoms with van der Waals surface area (Å²) >= 11 is 0. The molecule has 122 valence electrons. The fourth-order valence-electron chi connectivity index (χ4n) is 2.38. The van der Waals surface area contributed by atoms with Gasteiger partial charge in [-0.25, -0.2) is 13.5 Å². The van der Waals surface area contributed by atoms with Crippen LogP contribution in [0.4, 0.5) is 14.6 Å². The SMILES string of the molecule is Cc1cc(NC(=O)c2ccc(F)cc2F)n(Cc2ccccc2)n1. The van der Waals surface area contributed by atoms with E-state index in [1.165, 1.54) is 0 Å². The molecule has 1 amide bonds. The normalized spacial score (nSPS) is 10.6. The first kappa shape index (κ1) is 15.9. The van der Waals surface area contributed by atoms with Crippen molar-refractivity contribution in [3.05, 3.63) is 83.1 Å². The molecule has 1 aromatic heterocycles. The molecular formula is C18H15F2N3O. The maximum Gasteiger partial charge on any atom is 0.259 e. The van der Waals surface area contributed by atoms with Crippen molar-refractivity contribution in [3.8, 4) is 0 Å². The average molecular weight is 327 g/mol. The van der Waals surface area contributed by atoms with Gasteiger partial charge in [0.15, 0.2) is 0 Å². The third-order valence-corrected chi connectivity index (χ3v) is 3.49. The minimum absolute atomic E-state index is 0.221. The zero-order chi connectivity index (χ0) is 17.1. The van der Waals surface area contributed by atoms with Crippen LogP contribution in [0.1, 0.15) is 21.6 Å². The summed E-state index contributed by atoms with van der Waals surface area (Å²) in [5.41, 5.74) is 1.52. The summed E-state index contributed by atoms with van der Waals surface area (Å²) in [6.07, 6.45) is 0. The molecule has 4 nitrogen and oxygen atoms in total. The summed E-state index contributed by atoms with van der Waals surface area (Å²) in [6, 6.07) is 14.2.